The van der Waals surface area contributed by atoms with Crippen LogP contribution in [0.4, 0.5) is 0 Å². The average molecular weight is 638 g/mol. The number of benzene rings is 1. The smallest absolute Gasteiger partial charge is 0.246 e. The monoisotopic (exact) mass is 637 g/mol. The Morgan fingerprint density at radius 2 is 1.65 bits per heavy atom. The molecule has 2 saturated heterocycles. The predicted octanol–water partition coefficient (Wildman–Crippen LogP) is 3.31. The summed E-state index contributed by atoms with van der Waals surface area (Å²) >= 11 is 0. The average Bonchev–Trinajstić information content (AvgIpc) is 3.41. The number of aromatic nitrogens is 1. The maximum Gasteiger partial charge on any atom is 0.246 e. The number of carbonyl (C=O) groups is 5. The molecule has 0 aliphatic carbocycles. The van der Waals surface area contributed by atoms with Gasteiger partial charge in [-0.1, -0.05) is 65.2 Å². The molecule has 11 nitrogen and oxygen atoms in total. The predicted molar refractivity (Wildman–Crippen MR) is 176 cm³/mol. The molecule has 2 aliphatic heterocycles. The molecule has 0 bridgehead atoms. The zero-order valence-corrected chi connectivity index (χ0v) is 28.0. The molecule has 4 rings (SSSR count). The van der Waals surface area contributed by atoms with Crippen LogP contribution in [-0.4, -0.2) is 76.9 Å². The molecule has 2 aromatic rings. The summed E-state index contributed by atoms with van der Waals surface area (Å²) in [5.41, 5.74) is 1.62. The van der Waals surface area contributed by atoms with Crippen LogP contribution in [0.15, 0.2) is 30.5 Å². The molecular weight excluding hydrogens is 586 g/mol. The van der Waals surface area contributed by atoms with Crippen molar-refractivity contribution in [2.24, 2.45) is 11.8 Å². The van der Waals surface area contributed by atoms with Gasteiger partial charge in [-0.2, -0.15) is 4.73 Å². The van der Waals surface area contributed by atoms with Crippen LogP contribution in [-0.2, 0) is 30.4 Å². The molecule has 0 spiro atoms. The van der Waals surface area contributed by atoms with Gasteiger partial charge in [-0.25, -0.2) is 0 Å². The van der Waals surface area contributed by atoms with E-state index in [4.69, 9.17) is 4.84 Å². The van der Waals surface area contributed by atoms with Gasteiger partial charge in [-0.15, -0.1) is 0 Å². The third kappa shape index (κ3) is 8.27. The highest BCUT2D eigenvalue weighted by Crippen LogP contribution is 2.24. The lowest BCUT2D eigenvalue weighted by Crippen LogP contribution is -2.64. The lowest BCUT2D eigenvalue weighted by molar-refractivity contribution is -0.147. The fourth-order valence-corrected chi connectivity index (χ4v) is 6.47. The molecule has 1 aromatic carbocycles. The fourth-order valence-electron chi connectivity index (χ4n) is 6.47. The second-order valence-electron chi connectivity index (χ2n) is 13.1. The number of nitrogens with one attached hydrogen (secondary N) is 3. The van der Waals surface area contributed by atoms with Gasteiger partial charge < -0.3 is 25.7 Å². The second kappa shape index (κ2) is 16.1. The van der Waals surface area contributed by atoms with Gasteiger partial charge in [0.05, 0.1) is 5.52 Å². The maximum atomic E-state index is 14.1. The number of amides is 4. The van der Waals surface area contributed by atoms with Gasteiger partial charge in [0.15, 0.2) is 0 Å². The van der Waals surface area contributed by atoms with E-state index in [1.807, 2.05) is 52.0 Å². The molecule has 0 saturated carbocycles. The largest absolute Gasteiger partial charge is 0.417 e. The zero-order chi connectivity index (χ0) is 33.4. The molecule has 1 aromatic heterocycles. The van der Waals surface area contributed by atoms with Crippen molar-refractivity contribution in [2.75, 3.05) is 13.7 Å². The van der Waals surface area contributed by atoms with Crippen molar-refractivity contribution in [1.29, 1.82) is 0 Å². The van der Waals surface area contributed by atoms with Gasteiger partial charge in [-0.3, -0.25) is 24.0 Å². The van der Waals surface area contributed by atoms with Gasteiger partial charge in [-0.05, 0) is 49.7 Å². The van der Waals surface area contributed by atoms with Crippen molar-refractivity contribution in [3.05, 3.63) is 36.0 Å². The van der Waals surface area contributed by atoms with Crippen LogP contribution in [0.2, 0.25) is 0 Å². The highest BCUT2D eigenvalue weighted by Gasteiger charge is 2.40. The van der Waals surface area contributed by atoms with Gasteiger partial charge in [0.25, 0.3) is 0 Å². The SMILES string of the molecule is CCC(C)[C@@H]1NC(=O)[C@H](Cc2cn(OC)c3ccccc23)NC(=O)[C@H](CCCCCC(=O)C(C)C)NC(=O)[C@H]2CCCCN2C1=O. The molecular formula is C35H51N5O6. The molecule has 2 fully saturated rings. The maximum absolute atomic E-state index is 14.1. The number of fused-ring (bicyclic) bond motifs is 2. The van der Waals surface area contributed by atoms with Crippen molar-refractivity contribution in [3.63, 3.8) is 0 Å². The van der Waals surface area contributed by atoms with Crippen LogP contribution in [0.25, 0.3) is 10.9 Å². The summed E-state index contributed by atoms with van der Waals surface area (Å²) in [6, 6.07) is 4.19. The topological polar surface area (TPSA) is 139 Å². The lowest BCUT2D eigenvalue weighted by atomic mass is 9.93. The Labute approximate surface area is 272 Å². The van der Waals surface area contributed by atoms with Crippen LogP contribution >= 0.6 is 0 Å². The van der Waals surface area contributed by atoms with Crippen LogP contribution in [0.1, 0.15) is 91.0 Å². The van der Waals surface area contributed by atoms with Gasteiger partial charge in [0, 0.05) is 36.9 Å². The summed E-state index contributed by atoms with van der Waals surface area (Å²) < 4.78 is 1.62. The minimum atomic E-state index is -1.01. The Morgan fingerprint density at radius 3 is 2.37 bits per heavy atom. The molecule has 11 heteroatoms. The second-order valence-corrected chi connectivity index (χ2v) is 13.1. The Hall–Kier alpha value is -3.89. The third-order valence-electron chi connectivity index (χ3n) is 9.57. The summed E-state index contributed by atoms with van der Waals surface area (Å²) in [5.74, 6) is -1.51. The first kappa shape index (κ1) is 35.0. The molecule has 2 aliphatic rings. The third-order valence-corrected chi connectivity index (χ3v) is 9.57. The van der Waals surface area contributed by atoms with Crippen molar-refractivity contribution >= 4 is 40.3 Å². The Morgan fingerprint density at radius 1 is 0.935 bits per heavy atom. The Balaban J connectivity index is 1.65. The number of carbonyl (C=O) groups excluding carboxylic acids is 5. The molecule has 3 N–H and O–H groups in total. The van der Waals surface area contributed by atoms with Crippen molar-refractivity contribution in [2.45, 2.75) is 116 Å². The van der Waals surface area contributed by atoms with E-state index in [1.54, 1.807) is 22.9 Å². The summed E-state index contributed by atoms with van der Waals surface area (Å²) in [4.78, 5) is 75.0. The molecule has 3 heterocycles. The lowest BCUT2D eigenvalue weighted by Gasteiger charge is -2.39. The van der Waals surface area contributed by atoms with E-state index in [0.29, 0.717) is 45.1 Å². The van der Waals surface area contributed by atoms with Gasteiger partial charge in [0.2, 0.25) is 23.6 Å². The van der Waals surface area contributed by atoms with Crippen LogP contribution in [0.3, 0.4) is 0 Å². The van der Waals surface area contributed by atoms with Crippen LogP contribution in [0, 0.1) is 11.8 Å². The normalized spacial score (nSPS) is 23.6. The number of ketones is 1. The molecule has 0 radical (unpaired) electrons. The standard InChI is InChI=1S/C35H51N5O6/c1-6-23(4)31-35(45)39-19-13-12-17-29(39)34(44)36-26(15-8-7-9-18-30(41)22(2)3)32(42)37-27(33(43)38-31)20-24-21-40(46-5)28-16-11-10-14-25(24)28/h10-11,14,16,21-23,26-27,29,31H,6-9,12-13,15,17-20H2,1-5H3,(H,36,44)(H,37,42)(H,38,43)/t23?,26-,27-,29+,31-/m0/s1. The zero-order valence-electron chi connectivity index (χ0n) is 28.0. The Kier molecular flexibility index (Phi) is 12.2. The molecule has 252 valence electrons. The number of para-hydroxylation sites is 1. The fraction of sp³-hybridized carbons (Fsp3) is 0.629. The highest BCUT2D eigenvalue weighted by molar-refractivity contribution is 5.98. The van der Waals surface area contributed by atoms with E-state index >= 15 is 0 Å². The number of hydrogen-bond donors (Lipinski definition) is 3. The minimum Gasteiger partial charge on any atom is -0.417 e. The van der Waals surface area contributed by atoms with E-state index in [1.165, 1.54) is 0 Å². The van der Waals surface area contributed by atoms with E-state index < -0.39 is 36.0 Å². The van der Waals surface area contributed by atoms with E-state index in [-0.39, 0.29) is 35.9 Å². The van der Waals surface area contributed by atoms with Crippen molar-refractivity contribution in [1.82, 2.24) is 25.6 Å². The first-order chi connectivity index (χ1) is 22.0. The van der Waals surface area contributed by atoms with Crippen molar-refractivity contribution in [3.8, 4) is 0 Å². The molecule has 46 heavy (non-hydrogen) atoms. The van der Waals surface area contributed by atoms with E-state index in [2.05, 4.69) is 16.0 Å². The van der Waals surface area contributed by atoms with Gasteiger partial charge >= 0.3 is 0 Å². The minimum absolute atomic E-state index is 0.0153. The number of unbranched alkanes of at least 4 members (excludes halogenated alkanes) is 2. The van der Waals surface area contributed by atoms with Crippen molar-refractivity contribution < 1.29 is 28.8 Å². The summed E-state index contributed by atoms with van der Waals surface area (Å²) in [5, 5.41) is 9.76. The molecule has 1 unspecified atom stereocenters. The summed E-state index contributed by atoms with van der Waals surface area (Å²) in [7, 11) is 1.56. The number of piperidine rings is 1. The summed E-state index contributed by atoms with van der Waals surface area (Å²) in [6.07, 6.45) is 7.52. The Bertz CT molecular complexity index is 1400. The van der Waals surface area contributed by atoms with Crippen LogP contribution < -0.4 is 20.8 Å². The summed E-state index contributed by atoms with van der Waals surface area (Å²) in [6.45, 7) is 8.07. The molecule has 4 amide bonds. The first-order valence-corrected chi connectivity index (χ1v) is 16.9. The van der Waals surface area contributed by atoms with E-state index in [9.17, 15) is 24.0 Å². The first-order valence-electron chi connectivity index (χ1n) is 16.9. The number of nitrogens with zero attached hydrogens (tertiary/aromatic N) is 2. The number of rotatable bonds is 12. The molecule has 5 atom stereocenters. The van der Waals surface area contributed by atoms with Crippen LogP contribution in [0.5, 0.6) is 0 Å². The van der Waals surface area contributed by atoms with Gasteiger partial charge in [0.1, 0.15) is 37.1 Å². The quantitative estimate of drug-likeness (QED) is 0.305. The number of Topliss-reactive ketones (excluding diaryl/α,β-unsaturated/α-hetero) is 1. The van der Waals surface area contributed by atoms with E-state index in [0.717, 1.165) is 35.7 Å². The highest BCUT2D eigenvalue weighted by atomic mass is 16.6. The number of hydrogen-bond acceptors (Lipinski definition) is 6.